The maximum Gasteiger partial charge on any atom is 0.0592 e. The number of allylic oxidation sites excluding steroid dienone is 1. The van der Waals surface area contributed by atoms with E-state index in [9.17, 15) is 5.11 Å². The van der Waals surface area contributed by atoms with Crippen molar-refractivity contribution in [1.29, 1.82) is 0 Å². The number of hydrogen-bond donors (Lipinski definition) is 1. The molecule has 14 heavy (non-hydrogen) atoms. The first-order chi connectivity index (χ1) is 6.50. The summed E-state index contributed by atoms with van der Waals surface area (Å²) in [6.45, 7) is 8.01. The van der Waals surface area contributed by atoms with E-state index in [2.05, 4.69) is 18.7 Å². The van der Waals surface area contributed by atoms with E-state index >= 15 is 0 Å². The first-order valence-electron chi connectivity index (χ1n) is 5.25. The second kappa shape index (κ2) is 5.15. The molecule has 0 saturated carbocycles. The summed E-state index contributed by atoms with van der Waals surface area (Å²) in [6.07, 6.45) is 2.76. The lowest BCUT2D eigenvalue weighted by atomic mass is 9.92. The molecule has 0 aromatic heterocycles. The molecule has 1 saturated heterocycles. The highest BCUT2D eigenvalue weighted by atomic mass is 35.5. The van der Waals surface area contributed by atoms with Gasteiger partial charge in [0.1, 0.15) is 0 Å². The van der Waals surface area contributed by atoms with Crippen LogP contribution in [-0.2, 0) is 0 Å². The molecule has 1 fully saturated rings. The quantitative estimate of drug-likeness (QED) is 0.767. The highest BCUT2D eigenvalue weighted by molar-refractivity contribution is 6.29. The van der Waals surface area contributed by atoms with Crippen LogP contribution >= 0.6 is 11.6 Å². The summed E-state index contributed by atoms with van der Waals surface area (Å²) in [5, 5.41) is 10.5. The predicted molar refractivity (Wildman–Crippen MR) is 60.4 cm³/mol. The normalized spacial score (nSPS) is 36.1. The number of nitrogens with zero attached hydrogens (tertiary/aromatic N) is 1. The van der Waals surface area contributed by atoms with Gasteiger partial charge in [-0.25, -0.2) is 0 Å². The van der Waals surface area contributed by atoms with Crippen molar-refractivity contribution in [2.24, 2.45) is 5.92 Å². The summed E-state index contributed by atoms with van der Waals surface area (Å²) in [5.74, 6) is 0.371. The Morgan fingerprint density at radius 3 is 2.79 bits per heavy atom. The van der Waals surface area contributed by atoms with E-state index < -0.39 is 0 Å². The largest absolute Gasteiger partial charge is 0.393 e. The van der Waals surface area contributed by atoms with Crippen molar-refractivity contribution in [2.45, 2.75) is 39.3 Å². The summed E-state index contributed by atoms with van der Waals surface area (Å²) >= 11 is 5.79. The molecule has 3 heteroatoms. The molecule has 82 valence electrons. The van der Waals surface area contributed by atoms with Gasteiger partial charge in [-0.1, -0.05) is 24.6 Å². The second-order valence-corrected chi connectivity index (χ2v) is 4.97. The number of likely N-dealkylation sites (tertiary alicyclic amines) is 1. The Balaban J connectivity index is 2.49. The molecule has 3 unspecified atom stereocenters. The number of hydrogen-bond acceptors (Lipinski definition) is 2. The molecule has 2 nitrogen and oxygen atoms in total. The van der Waals surface area contributed by atoms with Crippen molar-refractivity contribution in [3.05, 3.63) is 11.1 Å². The van der Waals surface area contributed by atoms with Gasteiger partial charge in [-0.2, -0.15) is 0 Å². The van der Waals surface area contributed by atoms with Crippen LogP contribution in [0.1, 0.15) is 27.2 Å². The van der Waals surface area contributed by atoms with Crippen molar-refractivity contribution in [3.8, 4) is 0 Å². The van der Waals surface area contributed by atoms with Crippen molar-refractivity contribution in [3.63, 3.8) is 0 Å². The van der Waals surface area contributed by atoms with Gasteiger partial charge in [0.2, 0.25) is 0 Å². The molecule has 1 N–H and O–H groups in total. The highest BCUT2D eigenvalue weighted by Gasteiger charge is 2.28. The number of piperidine rings is 1. The zero-order valence-corrected chi connectivity index (χ0v) is 9.96. The van der Waals surface area contributed by atoms with E-state index in [1.807, 2.05) is 13.0 Å². The minimum absolute atomic E-state index is 0.137. The fourth-order valence-electron chi connectivity index (χ4n) is 1.90. The lowest BCUT2D eigenvalue weighted by Crippen LogP contribution is -2.47. The fourth-order valence-corrected chi connectivity index (χ4v) is 1.97. The molecule has 1 heterocycles. The first-order valence-corrected chi connectivity index (χ1v) is 5.63. The third-order valence-corrected chi connectivity index (χ3v) is 3.15. The topological polar surface area (TPSA) is 23.5 Å². The smallest absolute Gasteiger partial charge is 0.0592 e. The maximum atomic E-state index is 9.68. The molecule has 1 aliphatic rings. The van der Waals surface area contributed by atoms with Gasteiger partial charge in [-0.15, -0.1) is 0 Å². The average Bonchev–Trinajstić information content (AvgIpc) is 2.09. The predicted octanol–water partition coefficient (Wildman–Crippen LogP) is 2.22. The Kier molecular flexibility index (Phi) is 4.42. The SMILES string of the molecule is CC(Cl)=CCN1CC(C)C(O)CC1C. The van der Waals surface area contributed by atoms with E-state index in [0.29, 0.717) is 12.0 Å². The van der Waals surface area contributed by atoms with E-state index in [0.717, 1.165) is 24.5 Å². The molecule has 0 aliphatic carbocycles. The summed E-state index contributed by atoms with van der Waals surface area (Å²) in [5.41, 5.74) is 0. The molecule has 1 aliphatic heterocycles. The molecular weight excluding hydrogens is 198 g/mol. The molecule has 0 bridgehead atoms. The van der Waals surface area contributed by atoms with E-state index in [1.165, 1.54) is 0 Å². The van der Waals surface area contributed by atoms with E-state index in [4.69, 9.17) is 11.6 Å². The first kappa shape index (κ1) is 12.0. The Hall–Kier alpha value is -0.0500. The summed E-state index contributed by atoms with van der Waals surface area (Å²) < 4.78 is 0. The van der Waals surface area contributed by atoms with E-state index in [1.54, 1.807) is 0 Å². The molecular formula is C11H20ClNO. The molecule has 3 atom stereocenters. The maximum absolute atomic E-state index is 9.68. The molecule has 0 aromatic carbocycles. The van der Waals surface area contributed by atoms with Gasteiger partial charge in [0, 0.05) is 24.2 Å². The molecule has 0 aromatic rings. The van der Waals surface area contributed by atoms with Crippen LogP contribution in [0.5, 0.6) is 0 Å². The van der Waals surface area contributed by atoms with Crippen molar-refractivity contribution < 1.29 is 5.11 Å². The lowest BCUT2D eigenvalue weighted by molar-refractivity contribution is 0.0109. The molecule has 0 radical (unpaired) electrons. The summed E-state index contributed by atoms with van der Waals surface area (Å²) in [4.78, 5) is 2.36. The zero-order valence-electron chi connectivity index (χ0n) is 9.20. The number of halogens is 1. The van der Waals surface area contributed by atoms with Gasteiger partial charge >= 0.3 is 0 Å². The Bertz CT molecular complexity index is 213. The minimum atomic E-state index is -0.137. The minimum Gasteiger partial charge on any atom is -0.393 e. The standard InChI is InChI=1S/C11H20ClNO/c1-8-7-13(5-4-9(2)12)10(3)6-11(8)14/h4,8,10-11,14H,5-7H2,1-3H3. The third kappa shape index (κ3) is 3.26. The zero-order chi connectivity index (χ0) is 10.7. The molecule has 1 rings (SSSR count). The highest BCUT2D eigenvalue weighted by Crippen LogP contribution is 2.21. The van der Waals surface area contributed by atoms with Crippen LogP contribution in [0.2, 0.25) is 0 Å². The van der Waals surface area contributed by atoms with Crippen LogP contribution in [0.3, 0.4) is 0 Å². The number of aliphatic hydroxyl groups is 1. The lowest BCUT2D eigenvalue weighted by Gasteiger charge is -2.39. The Morgan fingerprint density at radius 2 is 2.21 bits per heavy atom. The van der Waals surface area contributed by atoms with Gasteiger partial charge < -0.3 is 5.11 Å². The average molecular weight is 218 g/mol. The number of rotatable bonds is 2. The van der Waals surface area contributed by atoms with Gasteiger partial charge in [0.25, 0.3) is 0 Å². The Labute approximate surface area is 91.6 Å². The van der Waals surface area contributed by atoms with Crippen molar-refractivity contribution in [1.82, 2.24) is 4.90 Å². The summed E-state index contributed by atoms with van der Waals surface area (Å²) in [7, 11) is 0. The monoisotopic (exact) mass is 217 g/mol. The van der Waals surface area contributed by atoms with Crippen LogP contribution in [-0.4, -0.2) is 35.2 Å². The number of aliphatic hydroxyl groups excluding tert-OH is 1. The van der Waals surface area contributed by atoms with Crippen LogP contribution < -0.4 is 0 Å². The van der Waals surface area contributed by atoms with Gasteiger partial charge in [-0.3, -0.25) is 4.90 Å². The van der Waals surface area contributed by atoms with Crippen LogP contribution in [0.4, 0.5) is 0 Å². The van der Waals surface area contributed by atoms with Crippen molar-refractivity contribution >= 4 is 11.6 Å². The molecule has 0 spiro atoms. The second-order valence-electron chi connectivity index (χ2n) is 4.37. The van der Waals surface area contributed by atoms with Crippen LogP contribution in [0.25, 0.3) is 0 Å². The van der Waals surface area contributed by atoms with Crippen LogP contribution in [0.15, 0.2) is 11.1 Å². The fraction of sp³-hybridized carbons (Fsp3) is 0.818. The third-order valence-electron chi connectivity index (χ3n) is 2.99. The van der Waals surface area contributed by atoms with Gasteiger partial charge in [0.05, 0.1) is 6.10 Å². The van der Waals surface area contributed by atoms with Gasteiger partial charge in [0.15, 0.2) is 0 Å². The Morgan fingerprint density at radius 1 is 1.57 bits per heavy atom. The van der Waals surface area contributed by atoms with E-state index in [-0.39, 0.29) is 6.10 Å². The van der Waals surface area contributed by atoms with Crippen LogP contribution in [0, 0.1) is 5.92 Å². The summed E-state index contributed by atoms with van der Waals surface area (Å²) in [6, 6.07) is 0.452. The van der Waals surface area contributed by atoms with Crippen molar-refractivity contribution in [2.75, 3.05) is 13.1 Å². The van der Waals surface area contributed by atoms with Gasteiger partial charge in [-0.05, 0) is 26.2 Å². The molecule has 0 amide bonds.